The second-order valence-corrected chi connectivity index (χ2v) is 9.36. The lowest BCUT2D eigenvalue weighted by Gasteiger charge is -2.34. The Hall–Kier alpha value is -3.39. The summed E-state index contributed by atoms with van der Waals surface area (Å²) in [5.74, 6) is -2.24. The van der Waals surface area contributed by atoms with Crippen molar-refractivity contribution in [2.45, 2.75) is 57.5 Å². The molecule has 2 unspecified atom stereocenters. The average molecular weight is 438 g/mol. The third kappa shape index (κ3) is 3.14. The van der Waals surface area contributed by atoms with Gasteiger partial charge in [-0.3, -0.25) is 4.79 Å². The van der Waals surface area contributed by atoms with Gasteiger partial charge in [0.05, 0.1) is 0 Å². The van der Waals surface area contributed by atoms with Crippen molar-refractivity contribution in [2.75, 3.05) is 0 Å². The number of benzene rings is 2. The van der Waals surface area contributed by atoms with Crippen LogP contribution in [0.15, 0.2) is 42.5 Å². The van der Waals surface area contributed by atoms with Gasteiger partial charge in [0.25, 0.3) is 5.79 Å². The van der Waals surface area contributed by atoms with Crippen LogP contribution in [0.25, 0.3) is 0 Å². The molecule has 2 atom stereocenters. The SMILES string of the molecule is CC(C)c1ccc2c(c1)OC1(O)c3ccccc3C(=O)C21NC(=O)NC(=O)OC(C)(C)C. The van der Waals surface area contributed by atoms with E-state index in [2.05, 4.69) is 10.6 Å². The first-order chi connectivity index (χ1) is 14.9. The van der Waals surface area contributed by atoms with Crippen LogP contribution < -0.4 is 15.4 Å². The highest BCUT2D eigenvalue weighted by Gasteiger charge is 2.71. The van der Waals surface area contributed by atoms with E-state index in [-0.39, 0.29) is 17.0 Å². The Labute approximate surface area is 185 Å². The third-order valence-electron chi connectivity index (χ3n) is 5.64. The third-order valence-corrected chi connectivity index (χ3v) is 5.64. The zero-order chi connectivity index (χ0) is 23.5. The van der Waals surface area contributed by atoms with E-state index in [4.69, 9.17) is 9.47 Å². The maximum atomic E-state index is 13.6. The highest BCUT2D eigenvalue weighted by atomic mass is 16.6. The zero-order valence-corrected chi connectivity index (χ0v) is 18.6. The predicted octanol–water partition coefficient (Wildman–Crippen LogP) is 3.67. The fourth-order valence-electron chi connectivity index (χ4n) is 4.23. The molecular formula is C24H26N2O6. The van der Waals surface area contributed by atoms with Crippen LogP contribution in [0, 0.1) is 0 Å². The molecule has 0 aromatic heterocycles. The van der Waals surface area contributed by atoms with Gasteiger partial charge < -0.3 is 19.9 Å². The number of imide groups is 1. The van der Waals surface area contributed by atoms with Gasteiger partial charge in [-0.1, -0.05) is 50.2 Å². The van der Waals surface area contributed by atoms with Gasteiger partial charge in [0.1, 0.15) is 11.4 Å². The minimum Gasteiger partial charge on any atom is -0.454 e. The number of carbonyl (C=O) groups excluding carboxylic acids is 3. The van der Waals surface area contributed by atoms with Crippen molar-refractivity contribution in [3.05, 3.63) is 64.7 Å². The summed E-state index contributed by atoms with van der Waals surface area (Å²) in [6, 6.07) is 10.7. The summed E-state index contributed by atoms with van der Waals surface area (Å²) in [6.07, 6.45) is -0.979. The lowest BCUT2D eigenvalue weighted by Crippen LogP contribution is -2.62. The highest BCUT2D eigenvalue weighted by molar-refractivity contribution is 6.12. The second-order valence-electron chi connectivity index (χ2n) is 9.36. The molecule has 0 saturated heterocycles. The Morgan fingerprint density at radius 1 is 1.09 bits per heavy atom. The number of ketones is 1. The van der Waals surface area contributed by atoms with Gasteiger partial charge in [0.2, 0.25) is 11.3 Å². The molecule has 2 aromatic rings. The van der Waals surface area contributed by atoms with Crippen molar-refractivity contribution in [3.8, 4) is 5.75 Å². The van der Waals surface area contributed by atoms with Crippen molar-refractivity contribution in [1.82, 2.24) is 10.6 Å². The number of nitrogens with one attached hydrogen (secondary N) is 2. The summed E-state index contributed by atoms with van der Waals surface area (Å²) >= 11 is 0. The van der Waals surface area contributed by atoms with Gasteiger partial charge in [-0.25, -0.2) is 14.9 Å². The molecule has 4 rings (SSSR count). The summed E-state index contributed by atoms with van der Waals surface area (Å²) in [5.41, 5.74) is -1.06. The predicted molar refractivity (Wildman–Crippen MR) is 115 cm³/mol. The summed E-state index contributed by atoms with van der Waals surface area (Å²) in [4.78, 5) is 38.6. The van der Waals surface area contributed by atoms with Crippen molar-refractivity contribution < 1.29 is 29.0 Å². The maximum absolute atomic E-state index is 13.6. The molecular weight excluding hydrogens is 412 g/mol. The van der Waals surface area contributed by atoms with Gasteiger partial charge >= 0.3 is 12.1 Å². The number of aliphatic hydroxyl groups is 1. The molecule has 8 heteroatoms. The summed E-state index contributed by atoms with van der Waals surface area (Å²) in [6.45, 7) is 9.00. The molecule has 1 heterocycles. The Bertz CT molecular complexity index is 1140. The highest BCUT2D eigenvalue weighted by Crippen LogP contribution is 2.58. The molecule has 1 aliphatic carbocycles. The van der Waals surface area contributed by atoms with E-state index in [1.807, 2.05) is 19.9 Å². The van der Waals surface area contributed by atoms with Crippen molar-refractivity contribution in [3.63, 3.8) is 0 Å². The quantitative estimate of drug-likeness (QED) is 0.659. The lowest BCUT2D eigenvalue weighted by molar-refractivity contribution is -0.168. The topological polar surface area (TPSA) is 114 Å². The smallest absolute Gasteiger partial charge is 0.415 e. The summed E-state index contributed by atoms with van der Waals surface area (Å²) in [7, 11) is 0. The van der Waals surface area contributed by atoms with E-state index in [1.165, 1.54) is 0 Å². The number of urea groups is 1. The first-order valence-corrected chi connectivity index (χ1v) is 10.4. The number of ether oxygens (including phenoxy) is 2. The van der Waals surface area contributed by atoms with Gasteiger partial charge in [0.15, 0.2) is 0 Å². The second kappa shape index (κ2) is 7.06. The standard InChI is InChI=1S/C24H26N2O6/c1-13(2)14-10-11-17-18(12-14)31-24(30)16-9-7-6-8-15(16)19(27)23(17,24)26-20(28)25-21(29)32-22(3,4)5/h6-13,30H,1-5H3,(H2,25,26,28,29). The van der Waals surface area contributed by atoms with Crippen LogP contribution in [0.1, 0.15) is 67.6 Å². The van der Waals surface area contributed by atoms with Crippen molar-refractivity contribution in [1.29, 1.82) is 0 Å². The van der Waals surface area contributed by atoms with Gasteiger partial charge in [0, 0.05) is 16.7 Å². The average Bonchev–Trinajstić information content (AvgIpc) is 3.03. The molecule has 1 aliphatic heterocycles. The zero-order valence-electron chi connectivity index (χ0n) is 18.6. The summed E-state index contributed by atoms with van der Waals surface area (Å²) in [5, 5.41) is 16.3. The summed E-state index contributed by atoms with van der Waals surface area (Å²) < 4.78 is 11.1. The normalized spacial score (nSPS) is 23.2. The fourth-order valence-corrected chi connectivity index (χ4v) is 4.23. The molecule has 3 amide bonds. The van der Waals surface area contributed by atoms with E-state index >= 15 is 0 Å². The molecule has 8 nitrogen and oxygen atoms in total. The van der Waals surface area contributed by atoms with Crippen LogP contribution in [-0.4, -0.2) is 28.6 Å². The molecule has 2 aromatic carbocycles. The number of hydrogen-bond acceptors (Lipinski definition) is 6. The van der Waals surface area contributed by atoms with E-state index < -0.39 is 34.8 Å². The van der Waals surface area contributed by atoms with Crippen molar-refractivity contribution in [2.24, 2.45) is 0 Å². The molecule has 0 bridgehead atoms. The maximum Gasteiger partial charge on any atom is 0.415 e. The number of carbonyl (C=O) groups is 3. The Morgan fingerprint density at radius 3 is 2.44 bits per heavy atom. The Balaban J connectivity index is 1.79. The minimum atomic E-state index is -2.18. The van der Waals surface area contributed by atoms with Crippen LogP contribution in [0.4, 0.5) is 9.59 Å². The van der Waals surface area contributed by atoms with Crippen LogP contribution >= 0.6 is 0 Å². The first kappa shape index (κ1) is 21.8. The van der Waals surface area contributed by atoms with Gasteiger partial charge in [-0.05, 0) is 38.3 Å². The van der Waals surface area contributed by atoms with E-state index in [0.29, 0.717) is 11.3 Å². The van der Waals surface area contributed by atoms with Gasteiger partial charge in [-0.2, -0.15) is 0 Å². The van der Waals surface area contributed by atoms with Crippen LogP contribution in [0.2, 0.25) is 0 Å². The number of amides is 3. The molecule has 0 radical (unpaired) electrons. The van der Waals surface area contributed by atoms with Gasteiger partial charge in [-0.15, -0.1) is 0 Å². The molecule has 2 aliphatic rings. The van der Waals surface area contributed by atoms with Crippen molar-refractivity contribution >= 4 is 17.9 Å². The Morgan fingerprint density at radius 2 is 1.78 bits per heavy atom. The molecule has 0 saturated carbocycles. The molecule has 168 valence electrons. The Kier molecular flexibility index (Phi) is 4.82. The number of fused-ring (bicyclic) bond motifs is 5. The van der Waals surface area contributed by atoms with E-state index in [1.54, 1.807) is 57.2 Å². The number of rotatable bonds is 2. The molecule has 3 N–H and O–H groups in total. The number of Topliss-reactive ketones (excluding diaryl/α,β-unsaturated/α-hetero) is 1. The number of hydrogen-bond donors (Lipinski definition) is 3. The fraction of sp³-hybridized carbons (Fsp3) is 0.375. The minimum absolute atomic E-state index is 0.182. The van der Waals surface area contributed by atoms with E-state index in [0.717, 1.165) is 5.56 Å². The molecule has 0 fully saturated rings. The monoisotopic (exact) mass is 438 g/mol. The van der Waals surface area contributed by atoms with Crippen LogP contribution in [0.5, 0.6) is 5.75 Å². The van der Waals surface area contributed by atoms with Crippen LogP contribution in [-0.2, 0) is 16.1 Å². The van der Waals surface area contributed by atoms with Crippen LogP contribution in [0.3, 0.4) is 0 Å². The molecule has 32 heavy (non-hydrogen) atoms. The molecule has 0 spiro atoms. The lowest BCUT2D eigenvalue weighted by atomic mass is 9.82. The first-order valence-electron chi connectivity index (χ1n) is 10.4. The number of alkyl carbamates (subject to hydrolysis) is 1. The largest absolute Gasteiger partial charge is 0.454 e. The van der Waals surface area contributed by atoms with E-state index in [9.17, 15) is 19.5 Å².